The van der Waals surface area contributed by atoms with Gasteiger partial charge in [-0.1, -0.05) is 6.92 Å². The molecule has 0 N–H and O–H groups in total. The monoisotopic (exact) mass is 476 g/mol. The number of anilines is 1. The van der Waals surface area contributed by atoms with Crippen LogP contribution in [0.3, 0.4) is 0 Å². The fraction of sp³-hybridized carbons (Fsp3) is 0.667. The van der Waals surface area contributed by atoms with Crippen molar-refractivity contribution in [3.8, 4) is 0 Å². The molecular formula is C24H36N4O4S. The van der Waals surface area contributed by atoms with E-state index >= 15 is 0 Å². The number of fused-ring (bicyclic) bond motifs is 1. The fourth-order valence-corrected chi connectivity index (χ4v) is 6.91. The Morgan fingerprint density at radius 1 is 1.03 bits per heavy atom. The smallest absolute Gasteiger partial charge is 0.243 e. The van der Waals surface area contributed by atoms with E-state index < -0.39 is 10.0 Å². The standard InChI is InChI=1S/C24H36N4O4S/c1-3-10-25-13-15-26(16-14-25)24(30)21-7-4-11-27(18-21)33(31,32)22-8-9-23-20(17-22)6-5-12-28(23)19(2)29/h8-9,17,21H,3-7,10-16,18H2,1-2H3/t21-/m0/s1. The molecule has 0 unspecified atom stereocenters. The quantitative estimate of drug-likeness (QED) is 0.649. The number of rotatable bonds is 5. The van der Waals surface area contributed by atoms with E-state index in [0.717, 1.165) is 69.7 Å². The molecule has 2 fully saturated rings. The number of aryl methyl sites for hydroxylation is 1. The number of piperidine rings is 1. The summed E-state index contributed by atoms with van der Waals surface area (Å²) in [6.07, 6.45) is 4.11. The maximum absolute atomic E-state index is 13.5. The van der Waals surface area contributed by atoms with E-state index in [4.69, 9.17) is 0 Å². The van der Waals surface area contributed by atoms with Gasteiger partial charge in [0.15, 0.2) is 0 Å². The zero-order valence-corrected chi connectivity index (χ0v) is 20.6. The van der Waals surface area contributed by atoms with Crippen LogP contribution in [0.4, 0.5) is 5.69 Å². The highest BCUT2D eigenvalue weighted by Crippen LogP contribution is 2.32. The summed E-state index contributed by atoms with van der Waals surface area (Å²) in [6.45, 7) is 9.32. The minimum absolute atomic E-state index is 0.0283. The van der Waals surface area contributed by atoms with Crippen LogP contribution in [0.2, 0.25) is 0 Å². The average Bonchev–Trinajstić information content (AvgIpc) is 2.83. The number of nitrogens with zero attached hydrogens (tertiary/aromatic N) is 4. The maximum atomic E-state index is 13.5. The number of carbonyl (C=O) groups is 2. The van der Waals surface area contributed by atoms with Crippen molar-refractivity contribution in [3.05, 3.63) is 23.8 Å². The molecule has 9 heteroatoms. The number of benzene rings is 1. The molecule has 4 rings (SSSR count). The van der Waals surface area contributed by atoms with E-state index in [1.165, 1.54) is 11.2 Å². The third kappa shape index (κ3) is 5.10. The van der Waals surface area contributed by atoms with Crippen molar-refractivity contribution in [3.63, 3.8) is 0 Å². The number of piperazine rings is 1. The summed E-state index contributed by atoms with van der Waals surface area (Å²) in [6, 6.07) is 5.08. The number of hydrogen-bond donors (Lipinski definition) is 0. The average molecular weight is 477 g/mol. The van der Waals surface area contributed by atoms with Crippen LogP contribution in [-0.4, -0.2) is 86.7 Å². The van der Waals surface area contributed by atoms with Crippen LogP contribution in [0.15, 0.2) is 23.1 Å². The molecule has 3 aliphatic rings. The molecule has 2 amide bonds. The van der Waals surface area contributed by atoms with Crippen molar-refractivity contribution >= 4 is 27.5 Å². The first-order valence-corrected chi connectivity index (χ1v) is 13.7. The first-order chi connectivity index (χ1) is 15.8. The lowest BCUT2D eigenvalue weighted by molar-refractivity contribution is -0.138. The Bertz CT molecular complexity index is 988. The minimum atomic E-state index is -3.70. The van der Waals surface area contributed by atoms with Gasteiger partial charge in [-0.3, -0.25) is 14.5 Å². The van der Waals surface area contributed by atoms with Gasteiger partial charge in [0.05, 0.1) is 10.8 Å². The summed E-state index contributed by atoms with van der Waals surface area (Å²) >= 11 is 0. The molecular weight excluding hydrogens is 440 g/mol. The second-order valence-electron chi connectivity index (χ2n) is 9.43. The van der Waals surface area contributed by atoms with Gasteiger partial charge in [-0.2, -0.15) is 4.31 Å². The largest absolute Gasteiger partial charge is 0.340 e. The molecule has 182 valence electrons. The Kier molecular flexibility index (Phi) is 7.40. The Morgan fingerprint density at radius 2 is 1.79 bits per heavy atom. The van der Waals surface area contributed by atoms with Gasteiger partial charge in [0, 0.05) is 58.4 Å². The summed E-state index contributed by atoms with van der Waals surface area (Å²) < 4.78 is 28.4. The lowest BCUT2D eigenvalue weighted by atomic mass is 9.97. The molecule has 0 radical (unpaired) electrons. The predicted octanol–water partition coefficient (Wildman–Crippen LogP) is 1.94. The number of carbonyl (C=O) groups excluding carboxylic acids is 2. The summed E-state index contributed by atoms with van der Waals surface area (Å²) in [4.78, 5) is 31.4. The van der Waals surface area contributed by atoms with Gasteiger partial charge in [0.1, 0.15) is 0 Å². The molecule has 0 bridgehead atoms. The summed E-state index contributed by atoms with van der Waals surface area (Å²) in [5.74, 6) is -0.217. The lowest BCUT2D eigenvalue weighted by Gasteiger charge is -2.38. The first-order valence-electron chi connectivity index (χ1n) is 12.2. The van der Waals surface area contributed by atoms with E-state index in [0.29, 0.717) is 19.5 Å². The molecule has 3 heterocycles. The van der Waals surface area contributed by atoms with Gasteiger partial charge in [-0.05, 0) is 62.4 Å². The molecule has 0 aliphatic carbocycles. The third-order valence-corrected chi connectivity index (χ3v) is 9.01. The van der Waals surface area contributed by atoms with Gasteiger partial charge in [0.25, 0.3) is 0 Å². The summed E-state index contributed by atoms with van der Waals surface area (Å²) in [7, 11) is -3.70. The first kappa shape index (κ1) is 24.2. The highest BCUT2D eigenvalue weighted by atomic mass is 32.2. The normalized spacial score (nSPS) is 22.8. The number of amides is 2. The number of hydrogen-bond acceptors (Lipinski definition) is 5. The second-order valence-corrected chi connectivity index (χ2v) is 11.4. The van der Waals surface area contributed by atoms with E-state index in [-0.39, 0.29) is 29.2 Å². The van der Waals surface area contributed by atoms with Crippen molar-refractivity contribution in [1.29, 1.82) is 0 Å². The molecule has 0 aromatic heterocycles. The Morgan fingerprint density at radius 3 is 2.48 bits per heavy atom. The molecule has 2 saturated heterocycles. The maximum Gasteiger partial charge on any atom is 0.243 e. The van der Waals surface area contributed by atoms with Crippen molar-refractivity contribution in [2.75, 3.05) is 57.3 Å². The molecule has 0 spiro atoms. The molecule has 33 heavy (non-hydrogen) atoms. The van der Waals surface area contributed by atoms with Gasteiger partial charge >= 0.3 is 0 Å². The van der Waals surface area contributed by atoms with Crippen molar-refractivity contribution in [2.45, 2.75) is 50.8 Å². The van der Waals surface area contributed by atoms with Gasteiger partial charge in [0.2, 0.25) is 21.8 Å². The SMILES string of the molecule is CCCN1CCN(C(=O)[C@H]2CCCN(S(=O)(=O)c3ccc4c(c3)CCCN4C(C)=O)C2)CC1. The van der Waals surface area contributed by atoms with Crippen LogP contribution >= 0.6 is 0 Å². The van der Waals surface area contributed by atoms with Crippen LogP contribution in [0.25, 0.3) is 0 Å². The number of sulfonamides is 1. The molecule has 1 aromatic carbocycles. The van der Waals surface area contributed by atoms with Crippen LogP contribution in [0, 0.1) is 5.92 Å². The van der Waals surface area contributed by atoms with Crippen molar-refractivity contribution in [1.82, 2.24) is 14.1 Å². The molecule has 1 aromatic rings. The van der Waals surface area contributed by atoms with Gasteiger partial charge in [-0.25, -0.2) is 8.42 Å². The zero-order chi connectivity index (χ0) is 23.6. The second kappa shape index (κ2) is 10.1. The summed E-state index contributed by atoms with van der Waals surface area (Å²) in [5, 5.41) is 0. The Labute approximate surface area is 197 Å². The molecule has 3 aliphatic heterocycles. The van der Waals surface area contributed by atoms with Crippen molar-refractivity contribution < 1.29 is 18.0 Å². The van der Waals surface area contributed by atoms with Crippen LogP contribution in [0.1, 0.15) is 45.1 Å². The Balaban J connectivity index is 1.45. The van der Waals surface area contributed by atoms with Gasteiger partial charge in [-0.15, -0.1) is 0 Å². The highest BCUT2D eigenvalue weighted by Gasteiger charge is 2.36. The lowest BCUT2D eigenvalue weighted by Crippen LogP contribution is -2.53. The molecule has 0 saturated carbocycles. The fourth-order valence-electron chi connectivity index (χ4n) is 5.34. The van der Waals surface area contributed by atoms with E-state index in [9.17, 15) is 18.0 Å². The zero-order valence-electron chi connectivity index (χ0n) is 19.8. The van der Waals surface area contributed by atoms with Crippen LogP contribution in [-0.2, 0) is 26.0 Å². The minimum Gasteiger partial charge on any atom is -0.340 e. The topological polar surface area (TPSA) is 81.2 Å². The summed E-state index contributed by atoms with van der Waals surface area (Å²) in [5.41, 5.74) is 1.70. The van der Waals surface area contributed by atoms with Crippen LogP contribution < -0.4 is 4.90 Å². The Hall–Kier alpha value is -1.97. The molecule has 1 atom stereocenters. The van der Waals surface area contributed by atoms with Gasteiger partial charge < -0.3 is 9.80 Å². The molecule has 8 nitrogen and oxygen atoms in total. The van der Waals surface area contributed by atoms with Crippen molar-refractivity contribution in [2.24, 2.45) is 5.92 Å². The van der Waals surface area contributed by atoms with E-state index in [2.05, 4.69) is 11.8 Å². The highest BCUT2D eigenvalue weighted by molar-refractivity contribution is 7.89. The predicted molar refractivity (Wildman–Crippen MR) is 128 cm³/mol. The third-order valence-electron chi connectivity index (χ3n) is 7.14. The van der Waals surface area contributed by atoms with E-state index in [1.807, 2.05) is 4.90 Å². The van der Waals surface area contributed by atoms with E-state index in [1.54, 1.807) is 23.1 Å². The van der Waals surface area contributed by atoms with Crippen LogP contribution in [0.5, 0.6) is 0 Å².